The number of benzene rings is 1. The average Bonchev–Trinajstić information content (AvgIpc) is 3.07. The molecule has 2 N–H and O–H groups in total. The van der Waals surface area contributed by atoms with Crippen molar-refractivity contribution in [2.75, 3.05) is 12.4 Å². The molecule has 17 heavy (non-hydrogen) atoms. The number of hydrogen-bond donors (Lipinski definition) is 2. The maximum atomic E-state index is 11.1. The summed E-state index contributed by atoms with van der Waals surface area (Å²) < 4.78 is 5.11. The van der Waals surface area contributed by atoms with Crippen molar-refractivity contribution in [1.82, 2.24) is 0 Å². The van der Waals surface area contributed by atoms with Gasteiger partial charge in [0.2, 0.25) is 0 Å². The van der Waals surface area contributed by atoms with E-state index < -0.39 is 5.97 Å². The predicted octanol–water partition coefficient (Wildman–Crippen LogP) is 2.60. The Hall–Kier alpha value is -1.71. The van der Waals surface area contributed by atoms with E-state index in [1.54, 1.807) is 25.3 Å². The molecule has 2 atom stereocenters. The Labute approximate surface area is 101 Å². The van der Waals surface area contributed by atoms with Crippen molar-refractivity contribution < 1.29 is 14.6 Å². The Kier molecular flexibility index (Phi) is 3.22. The second-order valence-corrected chi connectivity index (χ2v) is 4.37. The summed E-state index contributed by atoms with van der Waals surface area (Å²) >= 11 is 0. The van der Waals surface area contributed by atoms with Crippen LogP contribution < -0.4 is 10.1 Å². The number of rotatable bonds is 5. The van der Waals surface area contributed by atoms with Gasteiger partial charge in [0, 0.05) is 12.1 Å². The standard InChI is InChI=1S/C13H17NO3/c1-3-8-6-11(8)14-12-7-9(17-2)4-5-10(12)13(15)16/h4-5,7-8,11,14H,3,6H2,1-2H3,(H,15,16). The lowest BCUT2D eigenvalue weighted by Gasteiger charge is -2.11. The third-order valence-corrected chi connectivity index (χ3v) is 3.25. The normalized spacial score (nSPS) is 22.0. The molecule has 0 bridgehead atoms. The van der Waals surface area contributed by atoms with E-state index in [2.05, 4.69) is 12.2 Å². The van der Waals surface area contributed by atoms with Crippen LogP contribution in [0, 0.1) is 5.92 Å². The van der Waals surface area contributed by atoms with Gasteiger partial charge in [0.15, 0.2) is 0 Å². The number of carboxylic acid groups (broad SMARTS) is 1. The van der Waals surface area contributed by atoms with Crippen molar-refractivity contribution in [3.8, 4) is 5.75 Å². The van der Waals surface area contributed by atoms with Crippen molar-refractivity contribution in [3.63, 3.8) is 0 Å². The molecule has 0 aromatic heterocycles. The highest BCUT2D eigenvalue weighted by atomic mass is 16.5. The fourth-order valence-electron chi connectivity index (χ4n) is 2.03. The highest BCUT2D eigenvalue weighted by Gasteiger charge is 2.35. The summed E-state index contributed by atoms with van der Waals surface area (Å²) in [6.07, 6.45) is 2.25. The van der Waals surface area contributed by atoms with Crippen LogP contribution >= 0.6 is 0 Å². The van der Waals surface area contributed by atoms with Crippen molar-refractivity contribution in [2.24, 2.45) is 5.92 Å². The molecule has 92 valence electrons. The Morgan fingerprint density at radius 1 is 1.59 bits per heavy atom. The van der Waals surface area contributed by atoms with Gasteiger partial charge in [0.05, 0.1) is 18.4 Å². The Morgan fingerprint density at radius 2 is 2.35 bits per heavy atom. The molecular formula is C13H17NO3. The van der Waals surface area contributed by atoms with Gasteiger partial charge in [0.25, 0.3) is 0 Å². The first kappa shape index (κ1) is 11.8. The molecule has 0 spiro atoms. The number of hydrogen-bond acceptors (Lipinski definition) is 3. The molecule has 2 rings (SSSR count). The summed E-state index contributed by atoms with van der Waals surface area (Å²) in [4.78, 5) is 11.1. The van der Waals surface area contributed by atoms with E-state index in [-0.39, 0.29) is 0 Å². The van der Waals surface area contributed by atoms with Gasteiger partial charge in [-0.25, -0.2) is 4.79 Å². The lowest BCUT2D eigenvalue weighted by atomic mass is 10.1. The van der Waals surface area contributed by atoms with E-state index in [0.29, 0.717) is 29.0 Å². The molecule has 0 saturated heterocycles. The topological polar surface area (TPSA) is 58.6 Å². The fraction of sp³-hybridized carbons (Fsp3) is 0.462. The Bertz CT molecular complexity index is 431. The number of nitrogens with one attached hydrogen (secondary N) is 1. The Morgan fingerprint density at radius 3 is 2.88 bits per heavy atom. The minimum Gasteiger partial charge on any atom is -0.497 e. The first-order chi connectivity index (χ1) is 8.15. The van der Waals surface area contributed by atoms with Gasteiger partial charge >= 0.3 is 5.97 Å². The van der Waals surface area contributed by atoms with E-state index in [1.165, 1.54) is 0 Å². The minimum absolute atomic E-state index is 0.299. The van der Waals surface area contributed by atoms with E-state index in [1.807, 2.05) is 0 Å². The number of aromatic carboxylic acids is 1. The number of ether oxygens (including phenoxy) is 1. The second-order valence-electron chi connectivity index (χ2n) is 4.37. The molecule has 4 heteroatoms. The first-order valence-electron chi connectivity index (χ1n) is 5.83. The van der Waals surface area contributed by atoms with Crippen LogP contribution in [-0.4, -0.2) is 24.2 Å². The first-order valence-corrected chi connectivity index (χ1v) is 5.83. The van der Waals surface area contributed by atoms with Crippen LogP contribution in [0.5, 0.6) is 5.75 Å². The van der Waals surface area contributed by atoms with E-state index in [9.17, 15) is 4.79 Å². The molecule has 1 fully saturated rings. The molecule has 0 heterocycles. The molecule has 4 nitrogen and oxygen atoms in total. The quantitative estimate of drug-likeness (QED) is 0.823. The van der Waals surface area contributed by atoms with Crippen LogP contribution in [0.4, 0.5) is 5.69 Å². The van der Waals surface area contributed by atoms with Gasteiger partial charge in [-0.2, -0.15) is 0 Å². The lowest BCUT2D eigenvalue weighted by Crippen LogP contribution is -2.09. The summed E-state index contributed by atoms with van der Waals surface area (Å²) in [6, 6.07) is 5.39. The maximum absolute atomic E-state index is 11.1. The summed E-state index contributed by atoms with van der Waals surface area (Å²) in [5, 5.41) is 12.4. The van der Waals surface area contributed by atoms with Crippen LogP contribution in [0.25, 0.3) is 0 Å². The molecule has 1 aliphatic rings. The monoisotopic (exact) mass is 235 g/mol. The average molecular weight is 235 g/mol. The van der Waals surface area contributed by atoms with Crippen molar-refractivity contribution in [2.45, 2.75) is 25.8 Å². The predicted molar refractivity (Wildman–Crippen MR) is 65.8 cm³/mol. The van der Waals surface area contributed by atoms with Gasteiger partial charge in [-0.15, -0.1) is 0 Å². The van der Waals surface area contributed by atoms with Crippen molar-refractivity contribution >= 4 is 11.7 Å². The summed E-state index contributed by atoms with van der Waals surface area (Å²) in [7, 11) is 1.57. The van der Waals surface area contributed by atoms with Crippen LogP contribution in [-0.2, 0) is 0 Å². The van der Waals surface area contributed by atoms with Crippen molar-refractivity contribution in [1.29, 1.82) is 0 Å². The number of carbonyl (C=O) groups is 1. The fourth-order valence-corrected chi connectivity index (χ4v) is 2.03. The molecule has 1 aliphatic carbocycles. The second kappa shape index (κ2) is 4.65. The largest absolute Gasteiger partial charge is 0.497 e. The Balaban J connectivity index is 2.20. The third kappa shape index (κ3) is 2.52. The molecule has 0 aliphatic heterocycles. The summed E-state index contributed by atoms with van der Waals surface area (Å²) in [5.74, 6) is 0.429. The van der Waals surface area contributed by atoms with Gasteiger partial charge in [-0.3, -0.25) is 0 Å². The summed E-state index contributed by atoms with van der Waals surface area (Å²) in [6.45, 7) is 2.15. The SMILES string of the molecule is CCC1CC1Nc1cc(OC)ccc1C(=O)O. The number of carboxylic acids is 1. The highest BCUT2D eigenvalue weighted by molar-refractivity contribution is 5.94. The third-order valence-electron chi connectivity index (χ3n) is 3.25. The van der Waals surface area contributed by atoms with Crippen LogP contribution in [0.2, 0.25) is 0 Å². The zero-order valence-electron chi connectivity index (χ0n) is 10.1. The van der Waals surface area contributed by atoms with E-state index in [4.69, 9.17) is 9.84 Å². The zero-order chi connectivity index (χ0) is 12.4. The van der Waals surface area contributed by atoms with E-state index in [0.717, 1.165) is 12.8 Å². The smallest absolute Gasteiger partial charge is 0.337 e. The van der Waals surface area contributed by atoms with E-state index >= 15 is 0 Å². The molecule has 1 saturated carbocycles. The van der Waals surface area contributed by atoms with Crippen molar-refractivity contribution in [3.05, 3.63) is 23.8 Å². The number of methoxy groups -OCH3 is 1. The van der Waals surface area contributed by atoms with Gasteiger partial charge in [-0.05, 0) is 24.5 Å². The number of anilines is 1. The van der Waals surface area contributed by atoms with Crippen LogP contribution in [0.15, 0.2) is 18.2 Å². The maximum Gasteiger partial charge on any atom is 0.337 e. The molecule has 2 unspecified atom stereocenters. The highest BCUT2D eigenvalue weighted by Crippen LogP contribution is 2.37. The summed E-state index contributed by atoms with van der Waals surface area (Å²) in [5.41, 5.74) is 0.949. The lowest BCUT2D eigenvalue weighted by molar-refractivity contribution is 0.0698. The molecular weight excluding hydrogens is 218 g/mol. The molecule has 1 aromatic carbocycles. The van der Waals surface area contributed by atoms with Gasteiger partial charge in [0.1, 0.15) is 5.75 Å². The molecule has 1 aromatic rings. The van der Waals surface area contributed by atoms with Crippen LogP contribution in [0.1, 0.15) is 30.1 Å². The van der Waals surface area contributed by atoms with Gasteiger partial charge < -0.3 is 15.2 Å². The van der Waals surface area contributed by atoms with Crippen LogP contribution in [0.3, 0.4) is 0 Å². The molecule has 0 radical (unpaired) electrons. The minimum atomic E-state index is -0.913. The zero-order valence-corrected chi connectivity index (χ0v) is 10.1. The van der Waals surface area contributed by atoms with Gasteiger partial charge in [-0.1, -0.05) is 13.3 Å². The molecule has 0 amide bonds.